The second-order valence-corrected chi connectivity index (χ2v) is 6.50. The third kappa shape index (κ3) is 2.85. The minimum Gasteiger partial charge on any atom is -0.398 e. The Balaban J connectivity index is 1.74. The molecule has 1 fully saturated rings. The lowest BCUT2D eigenvalue weighted by molar-refractivity contribution is -0.117. The van der Waals surface area contributed by atoms with Crippen LogP contribution in [0.15, 0.2) is 36.8 Å². The fraction of sp³-hybridized carbons (Fsp3) is 0.211. The lowest BCUT2D eigenvalue weighted by atomic mass is 9.99. The predicted octanol–water partition coefficient (Wildman–Crippen LogP) is 3.62. The Morgan fingerprint density at radius 3 is 2.77 bits per heavy atom. The lowest BCUT2D eigenvalue weighted by Crippen LogP contribution is -2.15. The zero-order valence-electron chi connectivity index (χ0n) is 14.0. The SMILES string of the molecule is Cc1c(F)cncc1-c1cc(N)c2cnc(NC(=O)C3CC3F)cc2c1. The van der Waals surface area contributed by atoms with Crippen LogP contribution in [-0.2, 0) is 4.79 Å². The van der Waals surface area contributed by atoms with Crippen LogP contribution < -0.4 is 11.1 Å². The minimum atomic E-state index is -1.07. The van der Waals surface area contributed by atoms with Crippen molar-refractivity contribution >= 4 is 28.2 Å². The Labute approximate surface area is 148 Å². The summed E-state index contributed by atoms with van der Waals surface area (Å²) in [5.41, 5.74) is 8.43. The molecular formula is C19H16F2N4O. The number of hydrogen-bond donors (Lipinski definition) is 2. The van der Waals surface area contributed by atoms with Crippen LogP contribution in [0.4, 0.5) is 20.3 Å². The van der Waals surface area contributed by atoms with Gasteiger partial charge in [-0.2, -0.15) is 0 Å². The molecular weight excluding hydrogens is 338 g/mol. The Morgan fingerprint density at radius 1 is 1.27 bits per heavy atom. The number of carbonyl (C=O) groups is 1. The number of alkyl halides is 1. The van der Waals surface area contributed by atoms with Gasteiger partial charge in [0, 0.05) is 29.0 Å². The van der Waals surface area contributed by atoms with Gasteiger partial charge < -0.3 is 11.1 Å². The smallest absolute Gasteiger partial charge is 0.231 e. The van der Waals surface area contributed by atoms with E-state index in [0.717, 1.165) is 11.6 Å². The van der Waals surface area contributed by atoms with Crippen LogP contribution >= 0.6 is 0 Å². The van der Waals surface area contributed by atoms with Crippen molar-refractivity contribution in [1.29, 1.82) is 0 Å². The number of nitrogens with two attached hydrogens (primary N) is 1. The van der Waals surface area contributed by atoms with E-state index in [1.165, 1.54) is 0 Å². The number of carbonyl (C=O) groups excluding carboxylic acids is 1. The third-order valence-electron chi connectivity index (χ3n) is 4.63. The Kier molecular flexibility index (Phi) is 3.79. The molecule has 1 amide bonds. The summed E-state index contributed by atoms with van der Waals surface area (Å²) in [6.07, 6.45) is 3.48. The van der Waals surface area contributed by atoms with E-state index in [9.17, 15) is 13.6 Å². The first-order chi connectivity index (χ1) is 12.4. The van der Waals surface area contributed by atoms with Crippen LogP contribution in [0.25, 0.3) is 21.9 Å². The summed E-state index contributed by atoms with van der Waals surface area (Å²) in [5, 5.41) is 4.07. The number of amides is 1. The number of aromatic nitrogens is 2. The van der Waals surface area contributed by atoms with Crippen molar-refractivity contribution in [2.24, 2.45) is 5.92 Å². The molecule has 0 saturated heterocycles. The fourth-order valence-corrected chi connectivity index (χ4v) is 2.95. The molecule has 2 unspecified atom stereocenters. The molecule has 2 aromatic heterocycles. The molecule has 3 aromatic rings. The van der Waals surface area contributed by atoms with Crippen molar-refractivity contribution in [3.63, 3.8) is 0 Å². The summed E-state index contributed by atoms with van der Waals surface area (Å²) < 4.78 is 26.8. The van der Waals surface area contributed by atoms with E-state index in [0.29, 0.717) is 33.6 Å². The fourth-order valence-electron chi connectivity index (χ4n) is 2.95. The average molecular weight is 354 g/mol. The highest BCUT2D eigenvalue weighted by Crippen LogP contribution is 2.35. The molecule has 7 heteroatoms. The molecule has 26 heavy (non-hydrogen) atoms. The number of halogens is 2. The number of rotatable bonds is 3. The van der Waals surface area contributed by atoms with Gasteiger partial charge in [0.05, 0.1) is 12.1 Å². The molecule has 1 aromatic carbocycles. The number of hydrogen-bond acceptors (Lipinski definition) is 4. The minimum absolute atomic E-state index is 0.252. The zero-order chi connectivity index (χ0) is 18.4. The highest BCUT2D eigenvalue weighted by atomic mass is 19.1. The maximum absolute atomic E-state index is 13.8. The summed E-state index contributed by atoms with van der Waals surface area (Å²) in [5.74, 6) is -1.04. The zero-order valence-corrected chi connectivity index (χ0v) is 14.0. The number of anilines is 2. The topological polar surface area (TPSA) is 80.9 Å². The molecule has 4 rings (SSSR count). The maximum Gasteiger partial charge on any atom is 0.231 e. The van der Waals surface area contributed by atoms with Crippen molar-refractivity contribution < 1.29 is 13.6 Å². The molecule has 0 radical (unpaired) electrons. The molecule has 1 aliphatic rings. The summed E-state index contributed by atoms with van der Waals surface area (Å²) in [7, 11) is 0. The number of nitrogen functional groups attached to an aromatic ring is 1. The number of nitrogens with one attached hydrogen (secondary N) is 1. The van der Waals surface area contributed by atoms with Crippen LogP contribution in [0.5, 0.6) is 0 Å². The first-order valence-electron chi connectivity index (χ1n) is 8.18. The first kappa shape index (κ1) is 16.4. The van der Waals surface area contributed by atoms with Gasteiger partial charge in [0.25, 0.3) is 0 Å². The van der Waals surface area contributed by atoms with Gasteiger partial charge in [-0.3, -0.25) is 9.78 Å². The van der Waals surface area contributed by atoms with Crippen molar-refractivity contribution in [3.05, 3.63) is 48.2 Å². The molecule has 132 valence electrons. The Bertz CT molecular complexity index is 1040. The molecule has 1 saturated carbocycles. The Morgan fingerprint density at radius 2 is 2.04 bits per heavy atom. The van der Waals surface area contributed by atoms with Crippen molar-refractivity contribution in [1.82, 2.24) is 9.97 Å². The van der Waals surface area contributed by atoms with Gasteiger partial charge in [-0.25, -0.2) is 13.8 Å². The van der Waals surface area contributed by atoms with Crippen LogP contribution in [0.2, 0.25) is 0 Å². The van der Waals surface area contributed by atoms with E-state index in [1.807, 2.05) is 6.07 Å². The average Bonchev–Trinajstić information content (AvgIpc) is 3.34. The number of nitrogens with zero attached hydrogens (tertiary/aromatic N) is 2. The van der Waals surface area contributed by atoms with E-state index in [1.54, 1.807) is 31.5 Å². The third-order valence-corrected chi connectivity index (χ3v) is 4.63. The normalized spacial score (nSPS) is 18.7. The van der Waals surface area contributed by atoms with E-state index >= 15 is 0 Å². The van der Waals surface area contributed by atoms with Crippen LogP contribution in [0.3, 0.4) is 0 Å². The molecule has 2 atom stereocenters. The number of fused-ring (bicyclic) bond motifs is 1. The summed E-state index contributed by atoms with van der Waals surface area (Å²) >= 11 is 0. The van der Waals surface area contributed by atoms with Gasteiger partial charge in [0.15, 0.2) is 0 Å². The lowest BCUT2D eigenvalue weighted by Gasteiger charge is -2.11. The van der Waals surface area contributed by atoms with Crippen LogP contribution in [0.1, 0.15) is 12.0 Å². The van der Waals surface area contributed by atoms with Crippen LogP contribution in [0, 0.1) is 18.7 Å². The van der Waals surface area contributed by atoms with Gasteiger partial charge in [-0.1, -0.05) is 0 Å². The van der Waals surface area contributed by atoms with Gasteiger partial charge in [-0.15, -0.1) is 0 Å². The Hall–Kier alpha value is -3.09. The van der Waals surface area contributed by atoms with Crippen molar-refractivity contribution in [2.45, 2.75) is 19.5 Å². The highest BCUT2D eigenvalue weighted by molar-refractivity contribution is 6.00. The summed E-state index contributed by atoms with van der Waals surface area (Å²) in [6, 6.07) is 5.25. The van der Waals surface area contributed by atoms with E-state index in [2.05, 4.69) is 15.3 Å². The van der Waals surface area contributed by atoms with Crippen LogP contribution in [-0.4, -0.2) is 22.0 Å². The quantitative estimate of drug-likeness (QED) is 0.704. The standard InChI is InChI=1S/C19H16F2N4O/c1-9-13(6-23-8-16(9)21)10-2-11-4-18(24-7-14(11)17(22)3-10)25-19(26)12-5-15(12)20/h2-4,6-8,12,15H,5,22H2,1H3,(H,24,25,26). The van der Waals surface area contributed by atoms with Gasteiger partial charge >= 0.3 is 0 Å². The summed E-state index contributed by atoms with van der Waals surface area (Å²) in [6.45, 7) is 1.67. The molecule has 0 spiro atoms. The molecule has 0 bridgehead atoms. The molecule has 3 N–H and O–H groups in total. The maximum atomic E-state index is 13.8. The second-order valence-electron chi connectivity index (χ2n) is 6.50. The first-order valence-corrected chi connectivity index (χ1v) is 8.18. The van der Waals surface area contributed by atoms with E-state index in [-0.39, 0.29) is 12.3 Å². The summed E-state index contributed by atoms with van der Waals surface area (Å²) in [4.78, 5) is 20.0. The number of benzene rings is 1. The van der Waals surface area contributed by atoms with E-state index in [4.69, 9.17) is 5.73 Å². The highest BCUT2D eigenvalue weighted by Gasteiger charge is 2.43. The van der Waals surface area contributed by atoms with E-state index < -0.39 is 17.9 Å². The monoisotopic (exact) mass is 354 g/mol. The largest absolute Gasteiger partial charge is 0.398 e. The van der Waals surface area contributed by atoms with Gasteiger partial charge in [-0.05, 0) is 48.1 Å². The second kappa shape index (κ2) is 6.01. The molecule has 0 aliphatic heterocycles. The predicted molar refractivity (Wildman–Crippen MR) is 95.7 cm³/mol. The van der Waals surface area contributed by atoms with Crippen molar-refractivity contribution in [2.75, 3.05) is 11.1 Å². The van der Waals surface area contributed by atoms with Crippen molar-refractivity contribution in [3.8, 4) is 11.1 Å². The molecule has 5 nitrogen and oxygen atoms in total. The number of pyridine rings is 2. The molecule has 1 aliphatic carbocycles. The molecule has 2 heterocycles. The van der Waals surface area contributed by atoms with Gasteiger partial charge in [0.1, 0.15) is 17.8 Å². The van der Waals surface area contributed by atoms with Gasteiger partial charge in [0.2, 0.25) is 5.91 Å².